The van der Waals surface area contributed by atoms with Crippen LogP contribution in [0.25, 0.3) is 0 Å². The van der Waals surface area contributed by atoms with E-state index in [1.54, 1.807) is 12.1 Å². The van der Waals surface area contributed by atoms with Crippen molar-refractivity contribution in [3.05, 3.63) is 47.9 Å². The molecule has 1 aromatic carbocycles. The molecule has 4 N–H and O–H groups in total. The molecule has 0 aliphatic carbocycles. The van der Waals surface area contributed by atoms with E-state index in [1.165, 1.54) is 0 Å². The van der Waals surface area contributed by atoms with Gasteiger partial charge in [0.1, 0.15) is 11.5 Å². The van der Waals surface area contributed by atoms with Gasteiger partial charge in [-0.15, -0.1) is 0 Å². The van der Waals surface area contributed by atoms with E-state index in [-0.39, 0.29) is 0 Å². The number of hydrogen-bond donors (Lipinski definition) is 3. The topological polar surface area (TPSA) is 80.3 Å². The molecule has 1 heterocycles. The van der Waals surface area contributed by atoms with Crippen molar-refractivity contribution in [1.29, 1.82) is 0 Å². The molecule has 5 heteroatoms. The lowest BCUT2D eigenvalue weighted by Crippen LogP contribution is -2.19. The molecular weight excluding hydrogens is 242 g/mol. The van der Waals surface area contributed by atoms with Gasteiger partial charge < -0.3 is 20.8 Å². The van der Waals surface area contributed by atoms with Crippen LogP contribution in [0.1, 0.15) is 18.4 Å². The lowest BCUT2D eigenvalue weighted by Gasteiger charge is -2.06. The molecule has 100 valence electrons. The molecule has 0 bridgehead atoms. The molecule has 19 heavy (non-hydrogen) atoms. The Morgan fingerprint density at radius 2 is 1.74 bits per heavy atom. The Kier molecular flexibility index (Phi) is 4.07. The lowest BCUT2D eigenvalue weighted by molar-refractivity contribution is 0.259. The first-order valence-electron chi connectivity index (χ1n) is 6.15. The highest BCUT2D eigenvalue weighted by atomic mass is 16.3. The molecule has 0 unspecified atom stereocenters. The molecule has 0 atom stereocenters. The van der Waals surface area contributed by atoms with Gasteiger partial charge in [0.25, 0.3) is 0 Å². The number of anilines is 2. The number of hydrogen-bond acceptors (Lipinski definition) is 3. The van der Waals surface area contributed by atoms with E-state index in [4.69, 9.17) is 10.2 Å². The second kappa shape index (κ2) is 5.95. The summed E-state index contributed by atoms with van der Waals surface area (Å²) in [5, 5.41) is 5.75. The monoisotopic (exact) mass is 259 g/mol. The summed E-state index contributed by atoms with van der Waals surface area (Å²) in [6, 6.07) is 10.7. The second-order valence-electron chi connectivity index (χ2n) is 4.14. The molecule has 0 saturated heterocycles. The average Bonchev–Trinajstić information content (AvgIpc) is 2.85. The third-order valence-corrected chi connectivity index (χ3v) is 2.68. The Bertz CT molecular complexity index is 546. The molecule has 0 aliphatic rings. The van der Waals surface area contributed by atoms with Gasteiger partial charge in [-0.05, 0) is 36.4 Å². The van der Waals surface area contributed by atoms with Crippen molar-refractivity contribution in [3.8, 4) is 0 Å². The van der Waals surface area contributed by atoms with Gasteiger partial charge >= 0.3 is 6.03 Å². The summed E-state index contributed by atoms with van der Waals surface area (Å²) in [5.74, 6) is 1.88. The molecule has 2 amide bonds. The minimum absolute atomic E-state index is 0.566. The Labute approximate surface area is 111 Å². The van der Waals surface area contributed by atoms with Crippen molar-refractivity contribution < 1.29 is 9.21 Å². The summed E-state index contributed by atoms with van der Waals surface area (Å²) >= 11 is 0. The molecule has 2 aromatic rings. The highest BCUT2D eigenvalue weighted by molar-refractivity contribution is 5.87. The largest absolute Gasteiger partial charge is 0.464 e. The number of furan rings is 1. The van der Waals surface area contributed by atoms with Gasteiger partial charge in [-0.3, -0.25) is 0 Å². The Hall–Kier alpha value is -2.43. The maximum Gasteiger partial charge on any atom is 0.316 e. The molecule has 0 fully saturated rings. The number of rotatable bonds is 5. The maximum atomic E-state index is 10.7. The Morgan fingerprint density at radius 3 is 2.32 bits per heavy atom. The minimum Gasteiger partial charge on any atom is -0.464 e. The molecule has 0 saturated carbocycles. The molecule has 1 aromatic heterocycles. The molecule has 0 spiro atoms. The number of aryl methyl sites for hydroxylation is 1. The van der Waals surface area contributed by atoms with Crippen molar-refractivity contribution in [2.45, 2.75) is 19.9 Å². The number of nitrogens with one attached hydrogen (secondary N) is 2. The zero-order valence-electron chi connectivity index (χ0n) is 10.8. The van der Waals surface area contributed by atoms with Crippen molar-refractivity contribution >= 4 is 17.4 Å². The smallest absolute Gasteiger partial charge is 0.316 e. The van der Waals surface area contributed by atoms with Crippen LogP contribution < -0.4 is 16.4 Å². The van der Waals surface area contributed by atoms with Crippen LogP contribution in [0.3, 0.4) is 0 Å². The van der Waals surface area contributed by atoms with Gasteiger partial charge in [0.2, 0.25) is 0 Å². The minimum atomic E-state index is -0.566. The summed E-state index contributed by atoms with van der Waals surface area (Å²) in [5.41, 5.74) is 6.65. The molecule has 0 aliphatic heterocycles. The fourth-order valence-corrected chi connectivity index (χ4v) is 1.71. The van der Waals surface area contributed by atoms with Crippen molar-refractivity contribution in [3.63, 3.8) is 0 Å². The van der Waals surface area contributed by atoms with Crippen LogP contribution in [0.2, 0.25) is 0 Å². The van der Waals surface area contributed by atoms with Crippen LogP contribution in [0.5, 0.6) is 0 Å². The fraction of sp³-hybridized carbons (Fsp3) is 0.214. The normalized spacial score (nSPS) is 10.2. The number of carbonyl (C=O) groups excluding carboxylic acids is 1. The predicted molar refractivity (Wildman–Crippen MR) is 75.1 cm³/mol. The zero-order chi connectivity index (χ0) is 13.7. The van der Waals surface area contributed by atoms with Crippen LogP contribution in [0.15, 0.2) is 40.8 Å². The molecule has 5 nitrogen and oxygen atoms in total. The number of amides is 2. The summed E-state index contributed by atoms with van der Waals surface area (Å²) in [4.78, 5) is 10.7. The predicted octanol–water partition coefficient (Wildman–Crippen LogP) is 2.94. The van der Waals surface area contributed by atoms with Crippen LogP contribution >= 0.6 is 0 Å². The number of nitrogens with two attached hydrogens (primary N) is 1. The SMILES string of the molecule is CCc1ccc(CNc2ccc(NC(N)=O)cc2)o1. The number of benzene rings is 1. The van der Waals surface area contributed by atoms with Gasteiger partial charge in [-0.2, -0.15) is 0 Å². The zero-order valence-corrected chi connectivity index (χ0v) is 10.8. The van der Waals surface area contributed by atoms with Crippen molar-refractivity contribution in [2.75, 3.05) is 10.6 Å². The second-order valence-corrected chi connectivity index (χ2v) is 4.14. The van der Waals surface area contributed by atoms with E-state index in [1.807, 2.05) is 24.3 Å². The van der Waals surface area contributed by atoms with E-state index in [0.29, 0.717) is 12.2 Å². The summed E-state index contributed by atoms with van der Waals surface area (Å²) in [6.07, 6.45) is 0.896. The van der Waals surface area contributed by atoms with Gasteiger partial charge in [0.15, 0.2) is 0 Å². The van der Waals surface area contributed by atoms with Crippen LogP contribution in [-0.4, -0.2) is 6.03 Å². The number of urea groups is 1. The van der Waals surface area contributed by atoms with Gasteiger partial charge in [-0.25, -0.2) is 4.79 Å². The first kappa shape index (κ1) is 13.0. The molecule has 2 rings (SSSR count). The van der Waals surface area contributed by atoms with E-state index >= 15 is 0 Å². The maximum absolute atomic E-state index is 10.7. The summed E-state index contributed by atoms with van der Waals surface area (Å²) < 4.78 is 5.59. The van der Waals surface area contributed by atoms with Crippen LogP contribution in [0.4, 0.5) is 16.2 Å². The van der Waals surface area contributed by atoms with Gasteiger partial charge in [0, 0.05) is 17.8 Å². The van der Waals surface area contributed by atoms with E-state index in [0.717, 1.165) is 23.6 Å². The fourth-order valence-electron chi connectivity index (χ4n) is 1.71. The molecule has 0 radical (unpaired) electrons. The third kappa shape index (κ3) is 3.77. The third-order valence-electron chi connectivity index (χ3n) is 2.68. The average molecular weight is 259 g/mol. The molecular formula is C14H17N3O2. The summed E-state index contributed by atoms with van der Waals surface area (Å²) in [7, 11) is 0. The Balaban J connectivity index is 1.90. The number of primary amides is 1. The highest BCUT2D eigenvalue weighted by Crippen LogP contribution is 2.15. The van der Waals surface area contributed by atoms with E-state index in [9.17, 15) is 4.79 Å². The summed E-state index contributed by atoms with van der Waals surface area (Å²) in [6.45, 7) is 2.68. The number of carbonyl (C=O) groups is 1. The van der Waals surface area contributed by atoms with E-state index in [2.05, 4.69) is 17.6 Å². The Morgan fingerprint density at radius 1 is 1.11 bits per heavy atom. The van der Waals surface area contributed by atoms with Gasteiger partial charge in [0.05, 0.1) is 6.54 Å². The quantitative estimate of drug-likeness (QED) is 0.772. The van der Waals surface area contributed by atoms with Crippen LogP contribution in [0, 0.1) is 0 Å². The van der Waals surface area contributed by atoms with Crippen molar-refractivity contribution in [1.82, 2.24) is 0 Å². The first-order chi connectivity index (χ1) is 9.17. The first-order valence-corrected chi connectivity index (χ1v) is 6.15. The van der Waals surface area contributed by atoms with Crippen molar-refractivity contribution in [2.24, 2.45) is 5.73 Å². The standard InChI is InChI=1S/C14H17N3O2/c1-2-12-7-8-13(19-12)9-16-10-3-5-11(6-4-10)17-14(15)18/h3-8,16H,2,9H2,1H3,(H3,15,17,18). The lowest BCUT2D eigenvalue weighted by atomic mass is 10.2. The highest BCUT2D eigenvalue weighted by Gasteiger charge is 2.01. The van der Waals surface area contributed by atoms with Gasteiger partial charge in [-0.1, -0.05) is 6.92 Å². The van der Waals surface area contributed by atoms with E-state index < -0.39 is 6.03 Å². The van der Waals surface area contributed by atoms with Crippen LogP contribution in [-0.2, 0) is 13.0 Å².